The quantitative estimate of drug-likeness (QED) is 0.610. The molecule has 2 saturated heterocycles. The molecule has 35 heavy (non-hydrogen) atoms. The zero-order valence-electron chi connectivity index (χ0n) is 21.3. The van der Waals surface area contributed by atoms with E-state index in [2.05, 4.69) is 22.0 Å². The van der Waals surface area contributed by atoms with Gasteiger partial charge in [-0.1, -0.05) is 24.4 Å². The molecule has 4 rings (SSSR count). The second-order valence-corrected chi connectivity index (χ2v) is 11.0. The van der Waals surface area contributed by atoms with Crippen LogP contribution in [0.3, 0.4) is 0 Å². The van der Waals surface area contributed by atoms with Crippen molar-refractivity contribution in [3.63, 3.8) is 0 Å². The molecule has 2 heterocycles. The molecule has 3 aliphatic rings. The van der Waals surface area contributed by atoms with Gasteiger partial charge in [-0.15, -0.1) is 0 Å². The van der Waals surface area contributed by atoms with Crippen LogP contribution in [0.15, 0.2) is 12.1 Å². The summed E-state index contributed by atoms with van der Waals surface area (Å²) in [7, 11) is 0. The average Bonchev–Trinajstić information content (AvgIpc) is 3.46. The van der Waals surface area contributed by atoms with Gasteiger partial charge in [-0.3, -0.25) is 19.3 Å². The topological polar surface area (TPSA) is 73.0 Å². The summed E-state index contributed by atoms with van der Waals surface area (Å²) in [5, 5.41) is 3.64. The van der Waals surface area contributed by atoms with Crippen molar-refractivity contribution in [2.24, 2.45) is 11.8 Å². The van der Waals surface area contributed by atoms with E-state index in [1.165, 1.54) is 12.8 Å². The summed E-state index contributed by atoms with van der Waals surface area (Å²) in [5.41, 5.74) is 2.83. The van der Waals surface area contributed by atoms with E-state index in [1.807, 2.05) is 24.8 Å². The van der Waals surface area contributed by atoms with Crippen LogP contribution in [0.25, 0.3) is 0 Å². The molecule has 1 aromatic carbocycles. The van der Waals surface area contributed by atoms with Crippen LogP contribution in [0.2, 0.25) is 5.02 Å². The zero-order valence-corrected chi connectivity index (χ0v) is 22.1. The first-order valence-electron chi connectivity index (χ1n) is 13.1. The Morgan fingerprint density at radius 1 is 1.14 bits per heavy atom. The zero-order chi connectivity index (χ0) is 25.1. The molecular weight excluding hydrogens is 464 g/mol. The largest absolute Gasteiger partial charge is 0.343 e. The third-order valence-corrected chi connectivity index (χ3v) is 8.22. The summed E-state index contributed by atoms with van der Waals surface area (Å²) in [6.45, 7) is 10.6. The molecule has 3 fully saturated rings. The van der Waals surface area contributed by atoms with Gasteiger partial charge in [0.1, 0.15) is 0 Å². The number of benzene rings is 1. The van der Waals surface area contributed by atoms with E-state index in [-0.39, 0.29) is 29.7 Å². The Labute approximate surface area is 214 Å². The highest BCUT2D eigenvalue weighted by atomic mass is 35.5. The third-order valence-electron chi connectivity index (χ3n) is 8.00. The molecule has 1 aromatic rings. The van der Waals surface area contributed by atoms with Gasteiger partial charge >= 0.3 is 0 Å². The summed E-state index contributed by atoms with van der Waals surface area (Å²) in [5.74, 6) is 0.670. The molecule has 1 aliphatic carbocycles. The smallest absolute Gasteiger partial charge is 0.226 e. The van der Waals surface area contributed by atoms with E-state index in [9.17, 15) is 14.4 Å². The second-order valence-electron chi connectivity index (χ2n) is 10.6. The first-order valence-corrected chi connectivity index (χ1v) is 13.5. The average molecular weight is 503 g/mol. The van der Waals surface area contributed by atoms with Gasteiger partial charge < -0.3 is 15.1 Å². The maximum atomic E-state index is 12.9. The third kappa shape index (κ3) is 6.18. The fourth-order valence-electron chi connectivity index (χ4n) is 5.94. The van der Waals surface area contributed by atoms with E-state index in [1.54, 1.807) is 6.07 Å². The van der Waals surface area contributed by atoms with Crippen LogP contribution >= 0.6 is 11.6 Å². The van der Waals surface area contributed by atoms with Crippen LogP contribution in [0.5, 0.6) is 0 Å². The lowest BCUT2D eigenvalue weighted by molar-refractivity contribution is -0.140. The lowest BCUT2D eigenvalue weighted by Gasteiger charge is -2.41. The summed E-state index contributed by atoms with van der Waals surface area (Å²) in [4.78, 5) is 43.9. The molecule has 8 heteroatoms. The van der Waals surface area contributed by atoms with Crippen LogP contribution in [-0.4, -0.2) is 71.2 Å². The van der Waals surface area contributed by atoms with Gasteiger partial charge in [0.15, 0.2) is 0 Å². The van der Waals surface area contributed by atoms with Gasteiger partial charge in [0.05, 0.1) is 0 Å². The molecule has 2 aliphatic heterocycles. The number of nitrogens with zero attached hydrogens (tertiary/aromatic N) is 3. The molecular formula is C27H39ClN4O3. The Balaban J connectivity index is 1.35. The Morgan fingerprint density at radius 2 is 1.89 bits per heavy atom. The van der Waals surface area contributed by atoms with Gasteiger partial charge in [-0.25, -0.2) is 0 Å². The van der Waals surface area contributed by atoms with Crippen LogP contribution in [-0.2, 0) is 20.9 Å². The monoisotopic (exact) mass is 502 g/mol. The first-order chi connectivity index (χ1) is 16.7. The predicted octanol–water partition coefficient (Wildman–Crippen LogP) is 4.07. The van der Waals surface area contributed by atoms with E-state index < -0.39 is 0 Å². The Morgan fingerprint density at radius 3 is 2.54 bits per heavy atom. The molecule has 0 bridgehead atoms. The van der Waals surface area contributed by atoms with Crippen molar-refractivity contribution in [3.8, 4) is 0 Å². The molecule has 3 amide bonds. The summed E-state index contributed by atoms with van der Waals surface area (Å²) in [6, 6.07) is 3.96. The first kappa shape index (κ1) is 26.0. The van der Waals surface area contributed by atoms with E-state index in [4.69, 9.17) is 11.6 Å². The minimum absolute atomic E-state index is 0.0612. The van der Waals surface area contributed by atoms with Crippen LogP contribution in [0.4, 0.5) is 5.69 Å². The van der Waals surface area contributed by atoms with Crippen molar-refractivity contribution in [1.29, 1.82) is 0 Å². The Kier molecular flexibility index (Phi) is 8.38. The summed E-state index contributed by atoms with van der Waals surface area (Å²) >= 11 is 6.44. The number of carbonyl (C=O) groups excluding carboxylic acids is 3. The predicted molar refractivity (Wildman–Crippen MR) is 138 cm³/mol. The molecule has 192 valence electrons. The molecule has 0 aromatic heterocycles. The van der Waals surface area contributed by atoms with Gasteiger partial charge in [0.2, 0.25) is 17.7 Å². The molecule has 1 N–H and O–H groups in total. The van der Waals surface area contributed by atoms with Crippen LogP contribution in [0, 0.1) is 18.8 Å². The Bertz CT molecular complexity index is 962. The molecule has 2 atom stereocenters. The van der Waals surface area contributed by atoms with Crippen LogP contribution in [0.1, 0.15) is 63.5 Å². The normalized spacial score (nSPS) is 23.8. The number of anilines is 1. The number of likely N-dealkylation sites (tertiary alicyclic amines) is 1. The van der Waals surface area contributed by atoms with Crippen molar-refractivity contribution >= 4 is 35.0 Å². The maximum Gasteiger partial charge on any atom is 0.226 e. The fraction of sp³-hybridized carbons (Fsp3) is 0.667. The highest BCUT2D eigenvalue weighted by Gasteiger charge is 2.33. The van der Waals surface area contributed by atoms with E-state index >= 15 is 0 Å². The number of rotatable bonds is 7. The fourth-order valence-corrected chi connectivity index (χ4v) is 6.18. The number of amides is 3. The molecule has 0 radical (unpaired) electrons. The highest BCUT2D eigenvalue weighted by molar-refractivity contribution is 6.31. The minimum atomic E-state index is -0.0790. The van der Waals surface area contributed by atoms with E-state index in [0.29, 0.717) is 36.9 Å². The van der Waals surface area contributed by atoms with Gasteiger partial charge in [-0.05, 0) is 62.8 Å². The number of nitrogens with one attached hydrogen (secondary N) is 1. The number of piperazine rings is 1. The second kappa shape index (κ2) is 11.3. The molecule has 2 unspecified atom stereocenters. The number of halogens is 1. The number of hydrogen-bond acceptors (Lipinski definition) is 4. The number of carbonyl (C=O) groups is 3. The van der Waals surface area contributed by atoms with Gasteiger partial charge in [-0.2, -0.15) is 0 Å². The van der Waals surface area contributed by atoms with Crippen LogP contribution < -0.4 is 5.32 Å². The molecule has 0 spiro atoms. The van der Waals surface area contributed by atoms with E-state index in [0.717, 1.165) is 55.8 Å². The van der Waals surface area contributed by atoms with Crippen molar-refractivity contribution in [1.82, 2.24) is 14.7 Å². The minimum Gasteiger partial charge on any atom is -0.343 e. The standard InChI is InChI=1S/C27H39ClN4O3/c1-4-31-16-20(12-26(31)34)11-25(33)29-24-14-23(28)13-22(19(24)3)17-30-9-10-32(18(2)15-30)27(35)21-7-5-6-8-21/h13-14,18,20-21H,4-12,15-17H2,1-3H3,(H,29,33). The summed E-state index contributed by atoms with van der Waals surface area (Å²) in [6.07, 6.45) is 5.19. The van der Waals surface area contributed by atoms with Crippen molar-refractivity contribution < 1.29 is 14.4 Å². The molecule has 7 nitrogen and oxygen atoms in total. The Hall–Kier alpha value is -2.12. The summed E-state index contributed by atoms with van der Waals surface area (Å²) < 4.78 is 0. The van der Waals surface area contributed by atoms with Gasteiger partial charge in [0, 0.05) is 74.8 Å². The highest BCUT2D eigenvalue weighted by Crippen LogP contribution is 2.30. The van der Waals surface area contributed by atoms with Crippen molar-refractivity contribution in [3.05, 3.63) is 28.3 Å². The SMILES string of the molecule is CCN1CC(CC(=O)Nc2cc(Cl)cc(CN3CCN(C(=O)C4CCCC4)C(C)C3)c2C)CC1=O. The lowest BCUT2D eigenvalue weighted by Crippen LogP contribution is -2.54. The maximum absolute atomic E-state index is 12.9. The van der Waals surface area contributed by atoms with Crippen molar-refractivity contribution in [2.45, 2.75) is 71.9 Å². The molecule has 1 saturated carbocycles. The van der Waals surface area contributed by atoms with Crippen molar-refractivity contribution in [2.75, 3.05) is 38.0 Å². The van der Waals surface area contributed by atoms with Gasteiger partial charge in [0.25, 0.3) is 0 Å². The number of hydrogen-bond donors (Lipinski definition) is 1. The lowest BCUT2D eigenvalue weighted by atomic mass is 10.0.